The molecular weight excluding hydrogens is 446 g/mol. The maximum atomic E-state index is 14.0. The standard InChI is InChI=1S/C20H16F2N4O3S2/c1-26(31(28,29)19-3-2-8-30-19)11-18(27)23-13-5-7-16-17(10-13)25-20(24-16)14-9-12(21)4-6-15(14)22/h2-10H,11H2,1H3,(H,23,27)(H,24,25). The second-order valence-corrected chi connectivity index (χ2v) is 9.90. The van der Waals surface area contributed by atoms with Gasteiger partial charge in [-0.1, -0.05) is 6.07 Å². The summed E-state index contributed by atoms with van der Waals surface area (Å²) >= 11 is 1.07. The number of hydrogen-bond donors (Lipinski definition) is 2. The third kappa shape index (κ3) is 4.33. The topological polar surface area (TPSA) is 95.2 Å². The van der Waals surface area contributed by atoms with Gasteiger partial charge in [0.15, 0.2) is 0 Å². The van der Waals surface area contributed by atoms with Crippen LogP contribution in [0, 0.1) is 11.6 Å². The van der Waals surface area contributed by atoms with Gasteiger partial charge in [-0.2, -0.15) is 4.31 Å². The Morgan fingerprint density at radius 1 is 1.19 bits per heavy atom. The number of thiophene rings is 1. The van der Waals surface area contributed by atoms with Crippen LogP contribution in [0.5, 0.6) is 0 Å². The van der Waals surface area contributed by atoms with Crippen LogP contribution >= 0.6 is 11.3 Å². The monoisotopic (exact) mass is 462 g/mol. The van der Waals surface area contributed by atoms with E-state index in [-0.39, 0.29) is 22.1 Å². The second-order valence-electron chi connectivity index (χ2n) is 6.68. The van der Waals surface area contributed by atoms with Gasteiger partial charge < -0.3 is 10.3 Å². The maximum Gasteiger partial charge on any atom is 0.252 e. The summed E-state index contributed by atoms with van der Waals surface area (Å²) in [6.45, 7) is -0.374. The molecule has 0 saturated carbocycles. The summed E-state index contributed by atoms with van der Waals surface area (Å²) in [5.41, 5.74) is 1.38. The van der Waals surface area contributed by atoms with Gasteiger partial charge in [0.1, 0.15) is 21.7 Å². The number of amides is 1. The fourth-order valence-corrected chi connectivity index (χ4v) is 5.27. The van der Waals surface area contributed by atoms with Crippen molar-refractivity contribution >= 4 is 44.0 Å². The summed E-state index contributed by atoms with van der Waals surface area (Å²) in [4.78, 5) is 19.5. The van der Waals surface area contributed by atoms with E-state index in [9.17, 15) is 22.0 Å². The Hall–Kier alpha value is -3.15. The van der Waals surface area contributed by atoms with E-state index in [1.165, 1.54) is 13.1 Å². The number of aromatic amines is 1. The highest BCUT2D eigenvalue weighted by atomic mass is 32.2. The Bertz CT molecular complexity index is 1370. The quantitative estimate of drug-likeness (QED) is 0.455. The Balaban J connectivity index is 1.51. The molecule has 2 aromatic heterocycles. The predicted octanol–water partition coefficient (Wildman–Crippen LogP) is 3.83. The first-order chi connectivity index (χ1) is 14.7. The van der Waals surface area contributed by atoms with Crippen molar-refractivity contribution in [2.24, 2.45) is 0 Å². The van der Waals surface area contributed by atoms with Crippen molar-refractivity contribution in [1.82, 2.24) is 14.3 Å². The number of benzene rings is 2. The molecule has 7 nitrogen and oxygen atoms in total. The largest absolute Gasteiger partial charge is 0.338 e. The number of anilines is 1. The lowest BCUT2D eigenvalue weighted by atomic mass is 10.2. The molecule has 0 fully saturated rings. The lowest BCUT2D eigenvalue weighted by Crippen LogP contribution is -2.34. The zero-order chi connectivity index (χ0) is 22.2. The number of carbonyl (C=O) groups excluding carboxylic acids is 1. The molecule has 4 rings (SSSR count). The molecule has 2 heterocycles. The third-order valence-electron chi connectivity index (χ3n) is 4.48. The van der Waals surface area contributed by atoms with E-state index in [2.05, 4.69) is 15.3 Å². The van der Waals surface area contributed by atoms with Crippen LogP contribution in [-0.4, -0.2) is 42.2 Å². The number of nitrogens with one attached hydrogen (secondary N) is 2. The molecule has 4 aromatic rings. The van der Waals surface area contributed by atoms with Crippen molar-refractivity contribution in [1.29, 1.82) is 0 Å². The normalized spacial score (nSPS) is 11.9. The minimum absolute atomic E-state index is 0.0119. The average Bonchev–Trinajstić information content (AvgIpc) is 3.39. The zero-order valence-corrected chi connectivity index (χ0v) is 17.7. The predicted molar refractivity (Wildman–Crippen MR) is 114 cm³/mol. The molecule has 2 aromatic carbocycles. The highest BCUT2D eigenvalue weighted by Crippen LogP contribution is 2.26. The highest BCUT2D eigenvalue weighted by molar-refractivity contribution is 7.91. The van der Waals surface area contributed by atoms with Gasteiger partial charge >= 0.3 is 0 Å². The first-order valence-electron chi connectivity index (χ1n) is 8.99. The van der Waals surface area contributed by atoms with Crippen molar-refractivity contribution in [3.63, 3.8) is 0 Å². The summed E-state index contributed by atoms with van der Waals surface area (Å²) in [7, 11) is -2.42. The van der Waals surface area contributed by atoms with Gasteiger partial charge in [0.25, 0.3) is 10.0 Å². The van der Waals surface area contributed by atoms with Crippen LogP contribution in [0.15, 0.2) is 58.1 Å². The summed E-state index contributed by atoms with van der Waals surface area (Å²) in [5.74, 6) is -1.59. The van der Waals surface area contributed by atoms with E-state index in [4.69, 9.17) is 0 Å². The molecule has 0 aliphatic rings. The smallest absolute Gasteiger partial charge is 0.252 e. The van der Waals surface area contributed by atoms with Crippen molar-refractivity contribution in [3.8, 4) is 11.4 Å². The number of nitrogens with zero attached hydrogens (tertiary/aromatic N) is 2. The van der Waals surface area contributed by atoms with Gasteiger partial charge in [-0.05, 0) is 47.8 Å². The molecule has 2 N–H and O–H groups in total. The minimum atomic E-state index is -3.74. The summed E-state index contributed by atoms with van der Waals surface area (Å²) in [6, 6.07) is 10.9. The van der Waals surface area contributed by atoms with E-state index in [1.807, 2.05) is 0 Å². The number of likely N-dealkylation sites (N-methyl/N-ethyl adjacent to an activating group) is 1. The van der Waals surface area contributed by atoms with Gasteiger partial charge in [0, 0.05) is 12.7 Å². The molecule has 1 amide bonds. The molecule has 0 spiro atoms. The molecular formula is C20H16F2N4O3S2. The molecule has 0 aliphatic carbocycles. The van der Waals surface area contributed by atoms with E-state index >= 15 is 0 Å². The first kappa shape index (κ1) is 21.1. The number of H-pyrrole nitrogens is 1. The molecule has 11 heteroatoms. The van der Waals surface area contributed by atoms with Crippen molar-refractivity contribution in [3.05, 3.63) is 65.5 Å². The molecule has 0 bridgehead atoms. The summed E-state index contributed by atoms with van der Waals surface area (Å²) in [6.07, 6.45) is 0. The van der Waals surface area contributed by atoms with E-state index in [0.717, 1.165) is 33.8 Å². The number of hydrogen-bond acceptors (Lipinski definition) is 5. The van der Waals surface area contributed by atoms with Crippen LogP contribution in [0.2, 0.25) is 0 Å². The zero-order valence-electron chi connectivity index (χ0n) is 16.1. The average molecular weight is 463 g/mol. The van der Waals surface area contributed by atoms with E-state index in [1.54, 1.807) is 29.6 Å². The number of carbonyl (C=O) groups is 1. The van der Waals surface area contributed by atoms with Crippen molar-refractivity contribution in [2.45, 2.75) is 4.21 Å². The number of imidazole rings is 1. The second kappa shape index (κ2) is 8.17. The Labute approximate surface area is 180 Å². The minimum Gasteiger partial charge on any atom is -0.338 e. The van der Waals surface area contributed by atoms with Gasteiger partial charge in [-0.15, -0.1) is 11.3 Å². The van der Waals surface area contributed by atoms with Crippen LogP contribution in [0.4, 0.5) is 14.5 Å². The molecule has 0 radical (unpaired) electrons. The summed E-state index contributed by atoms with van der Waals surface area (Å²) in [5, 5.41) is 4.27. The molecule has 0 atom stereocenters. The fourth-order valence-electron chi connectivity index (χ4n) is 2.95. The lowest BCUT2D eigenvalue weighted by molar-refractivity contribution is -0.116. The van der Waals surface area contributed by atoms with Gasteiger partial charge in [-0.25, -0.2) is 22.2 Å². The molecule has 0 saturated heterocycles. The van der Waals surface area contributed by atoms with Crippen LogP contribution in [0.3, 0.4) is 0 Å². The van der Waals surface area contributed by atoms with E-state index in [0.29, 0.717) is 16.7 Å². The Kier molecular flexibility index (Phi) is 5.56. The molecule has 0 aliphatic heterocycles. The number of fused-ring (bicyclic) bond motifs is 1. The van der Waals surface area contributed by atoms with Crippen LogP contribution in [0.25, 0.3) is 22.4 Å². The Morgan fingerprint density at radius 2 is 2.00 bits per heavy atom. The molecule has 160 valence electrons. The van der Waals surface area contributed by atoms with Gasteiger partial charge in [-0.3, -0.25) is 4.79 Å². The molecule has 31 heavy (non-hydrogen) atoms. The highest BCUT2D eigenvalue weighted by Gasteiger charge is 2.24. The van der Waals surface area contributed by atoms with E-state index < -0.39 is 27.6 Å². The van der Waals surface area contributed by atoms with Gasteiger partial charge in [0.05, 0.1) is 23.1 Å². The molecule has 0 unspecified atom stereocenters. The van der Waals surface area contributed by atoms with Gasteiger partial charge in [0.2, 0.25) is 5.91 Å². The maximum absolute atomic E-state index is 14.0. The SMILES string of the molecule is CN(CC(=O)Nc1ccc2nc(-c3cc(F)ccc3F)[nH]c2c1)S(=O)(=O)c1cccs1. The number of sulfonamides is 1. The summed E-state index contributed by atoms with van der Waals surface area (Å²) < 4.78 is 53.5. The lowest BCUT2D eigenvalue weighted by Gasteiger charge is -2.15. The Morgan fingerprint density at radius 3 is 2.74 bits per heavy atom. The number of halogens is 2. The number of rotatable bonds is 6. The first-order valence-corrected chi connectivity index (χ1v) is 11.3. The fraction of sp³-hybridized carbons (Fsp3) is 0.100. The number of aromatic nitrogens is 2. The third-order valence-corrected chi connectivity index (χ3v) is 7.65. The van der Waals surface area contributed by atoms with Crippen molar-refractivity contribution in [2.75, 3.05) is 18.9 Å². The van der Waals surface area contributed by atoms with Crippen LogP contribution < -0.4 is 5.32 Å². The van der Waals surface area contributed by atoms with Crippen molar-refractivity contribution < 1.29 is 22.0 Å². The van der Waals surface area contributed by atoms with Crippen LogP contribution in [-0.2, 0) is 14.8 Å². The van der Waals surface area contributed by atoms with Crippen LogP contribution in [0.1, 0.15) is 0 Å².